The zero-order chi connectivity index (χ0) is 11.3. The van der Waals surface area contributed by atoms with Crippen LogP contribution in [-0.2, 0) is 4.79 Å². The molecule has 1 heterocycles. The molecule has 7 heteroatoms. The highest BCUT2D eigenvalue weighted by Crippen LogP contribution is 2.16. The Morgan fingerprint density at radius 3 is 2.60 bits per heavy atom. The van der Waals surface area contributed by atoms with Crippen LogP contribution in [0.1, 0.15) is 6.42 Å². The first kappa shape index (κ1) is 11.6. The maximum absolute atomic E-state index is 10.9. The standard InChI is InChI=1S/C8H13N5OS/c1-11-7(14)2-3-15-8-12-5(9)4-6(10)13-8/h4H,2-3H2,1H3,(H,11,14)(H4,9,10,12,13). The molecule has 82 valence electrons. The topological polar surface area (TPSA) is 107 Å². The van der Waals surface area contributed by atoms with Crippen molar-refractivity contribution in [2.45, 2.75) is 11.6 Å². The van der Waals surface area contributed by atoms with Crippen LogP contribution in [0.25, 0.3) is 0 Å². The van der Waals surface area contributed by atoms with E-state index in [9.17, 15) is 4.79 Å². The van der Waals surface area contributed by atoms with E-state index in [2.05, 4.69) is 15.3 Å². The molecular weight excluding hydrogens is 214 g/mol. The Kier molecular flexibility index (Phi) is 4.17. The predicted molar refractivity (Wildman–Crippen MR) is 60.3 cm³/mol. The van der Waals surface area contributed by atoms with Crippen molar-refractivity contribution in [2.75, 3.05) is 24.3 Å². The first-order valence-corrected chi connectivity index (χ1v) is 5.34. The van der Waals surface area contributed by atoms with Gasteiger partial charge in [0.25, 0.3) is 0 Å². The summed E-state index contributed by atoms with van der Waals surface area (Å²) in [7, 11) is 1.60. The molecule has 1 aromatic heterocycles. The third-order valence-electron chi connectivity index (χ3n) is 1.58. The van der Waals surface area contributed by atoms with E-state index < -0.39 is 0 Å². The lowest BCUT2D eigenvalue weighted by molar-refractivity contribution is -0.120. The highest BCUT2D eigenvalue weighted by atomic mass is 32.2. The third-order valence-corrected chi connectivity index (χ3v) is 2.43. The summed E-state index contributed by atoms with van der Waals surface area (Å²) >= 11 is 1.35. The summed E-state index contributed by atoms with van der Waals surface area (Å²) in [5, 5.41) is 3.03. The van der Waals surface area contributed by atoms with Crippen molar-refractivity contribution in [1.82, 2.24) is 15.3 Å². The van der Waals surface area contributed by atoms with Crippen LogP contribution in [0.3, 0.4) is 0 Å². The van der Waals surface area contributed by atoms with Gasteiger partial charge in [0.1, 0.15) is 11.6 Å². The Bertz CT molecular complexity index is 337. The van der Waals surface area contributed by atoms with Crippen LogP contribution >= 0.6 is 11.8 Å². The predicted octanol–water partition coefficient (Wildman–Crippen LogP) is -0.131. The monoisotopic (exact) mass is 227 g/mol. The fourth-order valence-corrected chi connectivity index (χ4v) is 1.70. The maximum Gasteiger partial charge on any atom is 0.220 e. The number of thioether (sulfide) groups is 1. The van der Waals surface area contributed by atoms with Crippen LogP contribution in [0.15, 0.2) is 11.2 Å². The molecule has 1 aromatic rings. The lowest BCUT2D eigenvalue weighted by Gasteiger charge is -2.02. The van der Waals surface area contributed by atoms with E-state index in [1.54, 1.807) is 7.05 Å². The molecule has 0 spiro atoms. The largest absolute Gasteiger partial charge is 0.383 e. The molecule has 1 amide bonds. The van der Waals surface area contributed by atoms with Crippen molar-refractivity contribution in [3.63, 3.8) is 0 Å². The first-order chi connectivity index (χ1) is 7.11. The number of aromatic nitrogens is 2. The number of nitrogens with one attached hydrogen (secondary N) is 1. The minimum atomic E-state index is -0.0145. The van der Waals surface area contributed by atoms with Gasteiger partial charge >= 0.3 is 0 Å². The number of nitrogens with two attached hydrogens (primary N) is 2. The molecule has 0 atom stereocenters. The fourth-order valence-electron chi connectivity index (χ4n) is 0.887. The second-order valence-corrected chi connectivity index (χ2v) is 3.83. The lowest BCUT2D eigenvalue weighted by atomic mass is 10.5. The molecule has 0 aliphatic rings. The average Bonchev–Trinajstić information content (AvgIpc) is 2.16. The van der Waals surface area contributed by atoms with E-state index in [1.165, 1.54) is 17.8 Å². The van der Waals surface area contributed by atoms with Gasteiger partial charge in [0.2, 0.25) is 5.91 Å². The van der Waals surface area contributed by atoms with Crippen LogP contribution < -0.4 is 16.8 Å². The number of hydrogen-bond donors (Lipinski definition) is 3. The molecule has 5 N–H and O–H groups in total. The SMILES string of the molecule is CNC(=O)CCSc1nc(N)cc(N)n1. The molecule has 6 nitrogen and oxygen atoms in total. The summed E-state index contributed by atoms with van der Waals surface area (Å²) < 4.78 is 0. The number of hydrogen-bond acceptors (Lipinski definition) is 6. The molecule has 0 saturated heterocycles. The van der Waals surface area contributed by atoms with Gasteiger partial charge < -0.3 is 16.8 Å². The van der Waals surface area contributed by atoms with E-state index in [0.717, 1.165) is 0 Å². The maximum atomic E-state index is 10.9. The van der Waals surface area contributed by atoms with Crippen LogP contribution in [0, 0.1) is 0 Å². The minimum absolute atomic E-state index is 0.0145. The fraction of sp³-hybridized carbons (Fsp3) is 0.375. The molecule has 0 aliphatic carbocycles. The molecule has 0 unspecified atom stereocenters. The Balaban J connectivity index is 2.47. The quantitative estimate of drug-likeness (QED) is 0.488. The molecule has 15 heavy (non-hydrogen) atoms. The average molecular weight is 227 g/mol. The number of amides is 1. The molecule has 0 saturated carbocycles. The van der Waals surface area contributed by atoms with Crippen molar-refractivity contribution in [2.24, 2.45) is 0 Å². The number of carbonyl (C=O) groups is 1. The second-order valence-electron chi connectivity index (χ2n) is 2.77. The van der Waals surface area contributed by atoms with Crippen LogP contribution in [0.2, 0.25) is 0 Å². The van der Waals surface area contributed by atoms with E-state index in [1.807, 2.05) is 0 Å². The summed E-state index contributed by atoms with van der Waals surface area (Å²) in [6.45, 7) is 0. The van der Waals surface area contributed by atoms with Gasteiger partial charge in [-0.1, -0.05) is 11.8 Å². The first-order valence-electron chi connectivity index (χ1n) is 4.35. The van der Waals surface area contributed by atoms with E-state index in [-0.39, 0.29) is 5.91 Å². The van der Waals surface area contributed by atoms with Gasteiger partial charge in [0.15, 0.2) is 5.16 Å². The van der Waals surface area contributed by atoms with Crippen LogP contribution in [0.4, 0.5) is 11.6 Å². The highest BCUT2D eigenvalue weighted by molar-refractivity contribution is 7.99. The summed E-state index contributed by atoms with van der Waals surface area (Å²) in [5.41, 5.74) is 11.0. The van der Waals surface area contributed by atoms with Crippen molar-refractivity contribution < 1.29 is 4.79 Å². The summed E-state index contributed by atoms with van der Waals surface area (Å²) in [6.07, 6.45) is 0.416. The Hall–Kier alpha value is -1.50. The van der Waals surface area contributed by atoms with E-state index in [4.69, 9.17) is 11.5 Å². The van der Waals surface area contributed by atoms with Gasteiger partial charge in [-0.15, -0.1) is 0 Å². The third kappa shape index (κ3) is 4.03. The molecule has 0 aromatic carbocycles. The Morgan fingerprint density at radius 1 is 1.47 bits per heavy atom. The number of nitrogen functional groups attached to an aromatic ring is 2. The smallest absolute Gasteiger partial charge is 0.220 e. The summed E-state index contributed by atoms with van der Waals surface area (Å²) in [4.78, 5) is 18.9. The zero-order valence-electron chi connectivity index (χ0n) is 8.36. The van der Waals surface area contributed by atoms with Gasteiger partial charge in [-0.05, 0) is 0 Å². The Labute approximate surface area is 91.8 Å². The van der Waals surface area contributed by atoms with Crippen molar-refractivity contribution >= 4 is 29.3 Å². The van der Waals surface area contributed by atoms with E-state index >= 15 is 0 Å². The van der Waals surface area contributed by atoms with Gasteiger partial charge in [0.05, 0.1) is 0 Å². The minimum Gasteiger partial charge on any atom is -0.383 e. The second kappa shape index (κ2) is 5.40. The lowest BCUT2D eigenvalue weighted by Crippen LogP contribution is -2.17. The molecule has 0 radical (unpaired) electrons. The highest BCUT2D eigenvalue weighted by Gasteiger charge is 2.03. The molecule has 0 fully saturated rings. The van der Waals surface area contributed by atoms with Gasteiger partial charge in [-0.2, -0.15) is 0 Å². The van der Waals surface area contributed by atoms with E-state index in [0.29, 0.717) is 29.0 Å². The van der Waals surface area contributed by atoms with Crippen molar-refractivity contribution in [3.8, 4) is 0 Å². The zero-order valence-corrected chi connectivity index (χ0v) is 9.17. The number of carbonyl (C=O) groups excluding carboxylic acids is 1. The van der Waals surface area contributed by atoms with Gasteiger partial charge in [-0.25, -0.2) is 9.97 Å². The normalized spacial score (nSPS) is 9.93. The summed E-state index contributed by atoms with van der Waals surface area (Å²) in [6, 6.07) is 1.49. The molecular formula is C8H13N5OS. The van der Waals surface area contributed by atoms with Crippen LogP contribution in [0.5, 0.6) is 0 Å². The summed E-state index contributed by atoms with van der Waals surface area (Å²) in [5.74, 6) is 1.26. The number of anilines is 2. The van der Waals surface area contributed by atoms with Crippen molar-refractivity contribution in [3.05, 3.63) is 6.07 Å². The molecule has 1 rings (SSSR count). The van der Waals surface area contributed by atoms with Gasteiger partial charge in [-0.3, -0.25) is 4.79 Å². The molecule has 0 aliphatic heterocycles. The number of rotatable bonds is 4. The van der Waals surface area contributed by atoms with Gasteiger partial charge in [0, 0.05) is 25.3 Å². The Morgan fingerprint density at radius 2 is 2.07 bits per heavy atom. The molecule has 0 bridgehead atoms. The number of nitrogens with zero attached hydrogens (tertiary/aromatic N) is 2. The van der Waals surface area contributed by atoms with Crippen molar-refractivity contribution in [1.29, 1.82) is 0 Å². The van der Waals surface area contributed by atoms with Crippen LogP contribution in [-0.4, -0.2) is 28.7 Å².